The Kier molecular flexibility index (Phi) is 4.66. The molecule has 0 radical (unpaired) electrons. The van der Waals surface area contributed by atoms with Gasteiger partial charge in [0.25, 0.3) is 0 Å². The summed E-state index contributed by atoms with van der Waals surface area (Å²) in [6.45, 7) is 2.95. The monoisotopic (exact) mass is 359 g/mol. The second kappa shape index (κ2) is 7.41. The first-order chi connectivity index (χ1) is 13.2. The van der Waals surface area contributed by atoms with Crippen LogP contribution in [0, 0.1) is 6.92 Å². The van der Waals surface area contributed by atoms with Gasteiger partial charge in [-0.1, -0.05) is 24.3 Å². The van der Waals surface area contributed by atoms with Gasteiger partial charge in [0.1, 0.15) is 19.0 Å². The lowest BCUT2D eigenvalue weighted by atomic mass is 10.1. The van der Waals surface area contributed by atoms with Gasteiger partial charge in [-0.05, 0) is 48.9 Å². The van der Waals surface area contributed by atoms with E-state index in [1.807, 2.05) is 84.4 Å². The third kappa shape index (κ3) is 3.87. The van der Waals surface area contributed by atoms with Crippen LogP contribution in [0.15, 0.2) is 73.1 Å². The van der Waals surface area contributed by atoms with Gasteiger partial charge in [-0.25, -0.2) is 4.98 Å². The highest BCUT2D eigenvalue weighted by Gasteiger charge is 2.09. The lowest BCUT2D eigenvalue weighted by molar-refractivity contribution is 0.218. The molecule has 0 fully saturated rings. The van der Waals surface area contributed by atoms with Gasteiger partial charge >= 0.3 is 0 Å². The Morgan fingerprint density at radius 3 is 2.59 bits per heavy atom. The number of hydrogen-bond donors (Lipinski definition) is 1. The molecule has 0 saturated carbocycles. The van der Waals surface area contributed by atoms with Crippen LogP contribution in [0.25, 0.3) is 16.9 Å². The zero-order chi connectivity index (χ0) is 18.6. The lowest BCUT2D eigenvalue weighted by Crippen LogP contribution is -2.09. The Hall–Kier alpha value is -3.47. The number of aromatic nitrogens is 2. The summed E-state index contributed by atoms with van der Waals surface area (Å²) in [5.41, 5.74) is 10.3. The number of aryl methyl sites for hydroxylation is 1. The van der Waals surface area contributed by atoms with Crippen molar-refractivity contribution in [3.8, 4) is 22.8 Å². The van der Waals surface area contributed by atoms with Gasteiger partial charge in [0.05, 0.1) is 5.69 Å². The zero-order valence-electron chi connectivity index (χ0n) is 15.1. The molecule has 0 amide bonds. The van der Waals surface area contributed by atoms with Crippen molar-refractivity contribution in [2.75, 3.05) is 18.9 Å². The summed E-state index contributed by atoms with van der Waals surface area (Å²) in [6, 6.07) is 19.5. The van der Waals surface area contributed by atoms with E-state index in [0.29, 0.717) is 13.2 Å². The first-order valence-electron chi connectivity index (χ1n) is 8.85. The molecule has 2 aromatic heterocycles. The van der Waals surface area contributed by atoms with Crippen LogP contribution in [0.5, 0.6) is 11.5 Å². The Labute approximate surface area is 158 Å². The summed E-state index contributed by atoms with van der Waals surface area (Å²) >= 11 is 0. The number of pyridine rings is 1. The second-order valence-electron chi connectivity index (χ2n) is 6.36. The van der Waals surface area contributed by atoms with Crippen molar-refractivity contribution < 1.29 is 9.47 Å². The summed E-state index contributed by atoms with van der Waals surface area (Å²) in [5.74, 6) is 1.58. The molecule has 2 aromatic carbocycles. The Bertz CT molecular complexity index is 1050. The minimum atomic E-state index is 0.442. The van der Waals surface area contributed by atoms with Crippen molar-refractivity contribution >= 4 is 11.3 Å². The van der Waals surface area contributed by atoms with Crippen LogP contribution < -0.4 is 15.2 Å². The van der Waals surface area contributed by atoms with E-state index in [1.165, 1.54) is 5.56 Å². The molecule has 5 heteroatoms. The molecule has 2 N–H and O–H groups in total. The topological polar surface area (TPSA) is 61.8 Å². The number of nitrogens with zero attached hydrogens (tertiary/aromatic N) is 2. The molecule has 4 aromatic rings. The standard InChI is InChI=1S/C22H21N3O2/c1-16-4-2-5-19(14-16)26-12-13-27-21-6-3-11-25-15-20(24-22(21)25)17-7-9-18(23)10-8-17/h2-11,14-15H,12-13,23H2,1H3. The molecule has 0 aliphatic rings. The maximum absolute atomic E-state index is 5.91. The first-order valence-corrected chi connectivity index (χ1v) is 8.85. The molecule has 136 valence electrons. The second-order valence-corrected chi connectivity index (χ2v) is 6.36. The molecule has 0 spiro atoms. The molecule has 4 rings (SSSR count). The van der Waals surface area contributed by atoms with Crippen molar-refractivity contribution in [2.45, 2.75) is 6.92 Å². The minimum Gasteiger partial charge on any atom is -0.490 e. The molecule has 0 unspecified atom stereocenters. The molecular formula is C22H21N3O2. The highest BCUT2D eigenvalue weighted by Crippen LogP contribution is 2.25. The van der Waals surface area contributed by atoms with Gasteiger partial charge in [-0.3, -0.25) is 0 Å². The van der Waals surface area contributed by atoms with Gasteiger partial charge in [-0.2, -0.15) is 0 Å². The van der Waals surface area contributed by atoms with E-state index < -0.39 is 0 Å². The van der Waals surface area contributed by atoms with Crippen molar-refractivity contribution in [2.24, 2.45) is 0 Å². The minimum absolute atomic E-state index is 0.442. The van der Waals surface area contributed by atoms with E-state index in [-0.39, 0.29) is 0 Å². The molecule has 0 aliphatic heterocycles. The van der Waals surface area contributed by atoms with E-state index >= 15 is 0 Å². The number of anilines is 1. The van der Waals surface area contributed by atoms with Crippen LogP contribution in [-0.4, -0.2) is 22.6 Å². The zero-order valence-corrected chi connectivity index (χ0v) is 15.1. The highest BCUT2D eigenvalue weighted by atomic mass is 16.5. The number of hydrogen-bond acceptors (Lipinski definition) is 4. The van der Waals surface area contributed by atoms with Crippen LogP contribution in [0.1, 0.15) is 5.56 Å². The number of nitrogens with two attached hydrogens (primary N) is 1. The fourth-order valence-corrected chi connectivity index (χ4v) is 2.91. The van der Waals surface area contributed by atoms with Crippen molar-refractivity contribution in [3.05, 3.63) is 78.6 Å². The molecule has 0 atom stereocenters. The van der Waals surface area contributed by atoms with E-state index in [9.17, 15) is 0 Å². The highest BCUT2D eigenvalue weighted by molar-refractivity contribution is 5.67. The lowest BCUT2D eigenvalue weighted by Gasteiger charge is -2.09. The van der Waals surface area contributed by atoms with Gasteiger partial charge < -0.3 is 19.6 Å². The van der Waals surface area contributed by atoms with E-state index in [2.05, 4.69) is 0 Å². The summed E-state index contributed by atoms with van der Waals surface area (Å²) in [4.78, 5) is 4.72. The van der Waals surface area contributed by atoms with Crippen molar-refractivity contribution in [1.82, 2.24) is 9.38 Å². The molecule has 0 saturated heterocycles. The van der Waals surface area contributed by atoms with Crippen LogP contribution >= 0.6 is 0 Å². The van der Waals surface area contributed by atoms with Crippen molar-refractivity contribution in [1.29, 1.82) is 0 Å². The summed E-state index contributed by atoms with van der Waals surface area (Å²) in [7, 11) is 0. The van der Waals surface area contributed by atoms with Gasteiger partial charge in [0.2, 0.25) is 0 Å². The summed E-state index contributed by atoms with van der Waals surface area (Å²) in [5, 5.41) is 0. The number of benzene rings is 2. The predicted molar refractivity (Wildman–Crippen MR) is 107 cm³/mol. The van der Waals surface area contributed by atoms with E-state index in [4.69, 9.17) is 20.2 Å². The fourth-order valence-electron chi connectivity index (χ4n) is 2.91. The Morgan fingerprint density at radius 2 is 1.78 bits per heavy atom. The normalized spacial score (nSPS) is 10.9. The number of fused-ring (bicyclic) bond motifs is 1. The average Bonchev–Trinajstić information content (AvgIpc) is 3.11. The van der Waals surface area contributed by atoms with E-state index in [1.54, 1.807) is 0 Å². The molecule has 0 aliphatic carbocycles. The third-order valence-electron chi connectivity index (χ3n) is 4.25. The molecule has 27 heavy (non-hydrogen) atoms. The molecular weight excluding hydrogens is 338 g/mol. The molecule has 2 heterocycles. The average molecular weight is 359 g/mol. The number of nitrogen functional groups attached to an aromatic ring is 1. The van der Waals surface area contributed by atoms with E-state index in [0.717, 1.165) is 34.1 Å². The van der Waals surface area contributed by atoms with Gasteiger partial charge in [-0.15, -0.1) is 0 Å². The third-order valence-corrected chi connectivity index (χ3v) is 4.25. The molecule has 0 bridgehead atoms. The van der Waals surface area contributed by atoms with Crippen LogP contribution in [0.3, 0.4) is 0 Å². The Morgan fingerprint density at radius 1 is 0.963 bits per heavy atom. The predicted octanol–water partition coefficient (Wildman–Crippen LogP) is 4.35. The van der Waals surface area contributed by atoms with Crippen molar-refractivity contribution in [3.63, 3.8) is 0 Å². The van der Waals surface area contributed by atoms with Gasteiger partial charge in [0.15, 0.2) is 11.4 Å². The first kappa shape index (κ1) is 17.0. The summed E-state index contributed by atoms with van der Waals surface area (Å²) < 4.78 is 13.6. The smallest absolute Gasteiger partial charge is 0.180 e. The number of ether oxygens (including phenoxy) is 2. The van der Waals surface area contributed by atoms with Crippen LogP contribution in [0.4, 0.5) is 5.69 Å². The Balaban J connectivity index is 1.46. The largest absolute Gasteiger partial charge is 0.490 e. The number of imidazole rings is 1. The number of rotatable bonds is 6. The van der Waals surface area contributed by atoms with Crippen LogP contribution in [-0.2, 0) is 0 Å². The maximum atomic E-state index is 5.91. The quantitative estimate of drug-likeness (QED) is 0.411. The molecule has 5 nitrogen and oxygen atoms in total. The summed E-state index contributed by atoms with van der Waals surface area (Å²) in [6.07, 6.45) is 3.94. The van der Waals surface area contributed by atoms with Gasteiger partial charge in [0, 0.05) is 23.6 Å². The fraction of sp³-hybridized carbons (Fsp3) is 0.136. The van der Waals surface area contributed by atoms with Crippen LogP contribution in [0.2, 0.25) is 0 Å². The maximum Gasteiger partial charge on any atom is 0.180 e. The SMILES string of the molecule is Cc1cccc(OCCOc2cccn3cc(-c4ccc(N)cc4)nc23)c1.